The van der Waals surface area contributed by atoms with Gasteiger partial charge in [-0.15, -0.1) is 11.8 Å². The predicted molar refractivity (Wildman–Crippen MR) is 76.6 cm³/mol. The van der Waals surface area contributed by atoms with Crippen LogP contribution in [0.4, 0.5) is 0 Å². The van der Waals surface area contributed by atoms with Gasteiger partial charge in [0.05, 0.1) is 6.04 Å². The summed E-state index contributed by atoms with van der Waals surface area (Å²) in [5.41, 5.74) is 1.25. The van der Waals surface area contributed by atoms with Crippen molar-refractivity contribution in [2.24, 2.45) is 0 Å². The number of benzene rings is 1. The summed E-state index contributed by atoms with van der Waals surface area (Å²) in [5, 5.41) is 3.21. The van der Waals surface area contributed by atoms with E-state index in [1.165, 1.54) is 10.5 Å². The molecular weight excluding hydrogens is 230 g/mol. The lowest BCUT2D eigenvalue weighted by molar-refractivity contribution is -0.118. The van der Waals surface area contributed by atoms with Crippen molar-refractivity contribution >= 4 is 17.5 Å². The van der Waals surface area contributed by atoms with E-state index >= 15 is 0 Å². The van der Waals surface area contributed by atoms with Crippen molar-refractivity contribution in [2.45, 2.75) is 45.2 Å². The van der Waals surface area contributed by atoms with Gasteiger partial charge in [-0.2, -0.15) is 0 Å². The Kier molecular flexibility index (Phi) is 8.82. The van der Waals surface area contributed by atoms with Gasteiger partial charge in [0.15, 0.2) is 0 Å². The molecule has 0 aromatic heterocycles. The Morgan fingerprint density at radius 2 is 1.94 bits per heavy atom. The number of carbonyl (C=O) groups is 1. The van der Waals surface area contributed by atoms with Crippen LogP contribution < -0.4 is 5.32 Å². The minimum absolute atomic E-state index is 0.0695. The zero-order chi connectivity index (χ0) is 13.3. The van der Waals surface area contributed by atoms with Crippen LogP contribution in [0.2, 0.25) is 0 Å². The average Bonchev–Trinajstić information content (AvgIpc) is 2.38. The Hall–Kier alpha value is -0.800. The molecule has 0 aliphatic rings. The number of ketones is 1. The smallest absolute Gasteiger partial charge is 0.146 e. The van der Waals surface area contributed by atoms with Gasteiger partial charge in [-0.3, -0.25) is 4.79 Å². The minimum Gasteiger partial charge on any atom is -0.304 e. The van der Waals surface area contributed by atoms with E-state index in [0.29, 0.717) is 0 Å². The molecular formula is C14H23NOS. The van der Waals surface area contributed by atoms with Crippen molar-refractivity contribution < 1.29 is 4.79 Å². The van der Waals surface area contributed by atoms with Gasteiger partial charge in [0.1, 0.15) is 5.78 Å². The van der Waals surface area contributed by atoms with Crippen molar-refractivity contribution in [1.29, 1.82) is 0 Å². The van der Waals surface area contributed by atoms with Crippen LogP contribution in [-0.2, 0) is 11.3 Å². The molecule has 1 unspecified atom stereocenters. The molecule has 1 rings (SSSR count). The van der Waals surface area contributed by atoms with E-state index in [0.717, 1.165) is 6.54 Å². The molecule has 3 heteroatoms. The first-order chi connectivity index (χ1) is 8.15. The van der Waals surface area contributed by atoms with E-state index in [9.17, 15) is 4.79 Å². The molecule has 0 aliphatic carbocycles. The molecule has 0 spiro atoms. The number of hydrogen-bond donors (Lipinski definition) is 1. The van der Waals surface area contributed by atoms with Crippen LogP contribution in [0.3, 0.4) is 0 Å². The highest BCUT2D eigenvalue weighted by molar-refractivity contribution is 7.98. The van der Waals surface area contributed by atoms with E-state index in [2.05, 4.69) is 23.7 Å². The first-order valence-corrected chi connectivity index (χ1v) is 7.23. The molecule has 96 valence electrons. The number of carbonyl (C=O) groups excluding carboxylic acids is 1. The Morgan fingerprint density at radius 1 is 1.35 bits per heavy atom. The molecule has 0 bridgehead atoms. The highest BCUT2D eigenvalue weighted by Crippen LogP contribution is 2.19. The highest BCUT2D eigenvalue weighted by Gasteiger charge is 2.07. The topological polar surface area (TPSA) is 29.1 Å². The van der Waals surface area contributed by atoms with E-state index in [1.54, 1.807) is 18.7 Å². The Labute approximate surface area is 109 Å². The molecule has 2 nitrogen and oxygen atoms in total. The number of hydrogen-bond acceptors (Lipinski definition) is 3. The van der Waals surface area contributed by atoms with Crippen molar-refractivity contribution in [1.82, 2.24) is 5.32 Å². The number of Topliss-reactive ketones (excluding diaryl/α,β-unsaturated/α-hetero) is 1. The Balaban J connectivity index is 0.00000121. The molecule has 0 saturated heterocycles. The molecule has 1 aromatic carbocycles. The zero-order valence-corrected chi connectivity index (χ0v) is 12.2. The van der Waals surface area contributed by atoms with Crippen LogP contribution in [0.15, 0.2) is 29.2 Å². The van der Waals surface area contributed by atoms with Crippen LogP contribution in [0.5, 0.6) is 0 Å². The van der Waals surface area contributed by atoms with Crippen molar-refractivity contribution in [3.63, 3.8) is 0 Å². The standard InChI is InChI=1S/C12H17NOS.C2H6/c1-9(10(2)14)13-8-11-6-4-5-7-12(11)15-3;1-2/h4-7,9,13H,8H2,1-3H3;1-2H3. The first kappa shape index (κ1) is 16.2. The van der Waals surface area contributed by atoms with E-state index in [4.69, 9.17) is 0 Å². The molecule has 0 heterocycles. The van der Waals surface area contributed by atoms with Gasteiger partial charge in [0.2, 0.25) is 0 Å². The van der Waals surface area contributed by atoms with Gasteiger partial charge < -0.3 is 5.32 Å². The highest BCUT2D eigenvalue weighted by atomic mass is 32.2. The third kappa shape index (κ3) is 5.89. The van der Waals surface area contributed by atoms with E-state index in [1.807, 2.05) is 32.9 Å². The summed E-state index contributed by atoms with van der Waals surface area (Å²) in [7, 11) is 0. The molecule has 1 N–H and O–H groups in total. The fourth-order valence-electron chi connectivity index (χ4n) is 1.26. The van der Waals surface area contributed by atoms with Gasteiger partial charge in [-0.05, 0) is 31.7 Å². The average molecular weight is 253 g/mol. The predicted octanol–water partition coefficient (Wildman–Crippen LogP) is 3.50. The number of thioether (sulfide) groups is 1. The normalized spacial score (nSPS) is 11.4. The van der Waals surface area contributed by atoms with E-state index < -0.39 is 0 Å². The lowest BCUT2D eigenvalue weighted by atomic mass is 10.2. The Morgan fingerprint density at radius 3 is 2.47 bits per heavy atom. The fourth-order valence-corrected chi connectivity index (χ4v) is 1.87. The molecule has 0 amide bonds. The maximum Gasteiger partial charge on any atom is 0.146 e. The van der Waals surface area contributed by atoms with Crippen molar-refractivity contribution in [2.75, 3.05) is 6.26 Å². The summed E-state index contributed by atoms with van der Waals surface area (Å²) in [5.74, 6) is 0.177. The van der Waals surface area contributed by atoms with Crippen LogP contribution in [0.1, 0.15) is 33.3 Å². The lowest BCUT2D eigenvalue weighted by Gasteiger charge is -2.12. The van der Waals surface area contributed by atoms with Crippen LogP contribution >= 0.6 is 11.8 Å². The van der Waals surface area contributed by atoms with E-state index in [-0.39, 0.29) is 11.8 Å². The summed E-state index contributed by atoms with van der Waals surface area (Å²) in [6.45, 7) is 8.25. The number of nitrogens with one attached hydrogen (secondary N) is 1. The maximum absolute atomic E-state index is 11.1. The second kappa shape index (κ2) is 9.25. The molecule has 0 radical (unpaired) electrons. The first-order valence-electron chi connectivity index (χ1n) is 6.01. The lowest BCUT2D eigenvalue weighted by Crippen LogP contribution is -2.31. The molecule has 1 aromatic rings. The summed E-state index contributed by atoms with van der Waals surface area (Å²) in [6, 6.07) is 8.17. The largest absolute Gasteiger partial charge is 0.304 e. The SMILES string of the molecule is CC.CSc1ccccc1CNC(C)C(C)=O. The summed E-state index contributed by atoms with van der Waals surface area (Å²) in [6.07, 6.45) is 2.06. The third-order valence-corrected chi connectivity index (χ3v) is 3.24. The summed E-state index contributed by atoms with van der Waals surface area (Å²) in [4.78, 5) is 12.3. The third-order valence-electron chi connectivity index (χ3n) is 2.40. The summed E-state index contributed by atoms with van der Waals surface area (Å²) < 4.78 is 0. The van der Waals surface area contributed by atoms with Gasteiger partial charge in [-0.1, -0.05) is 32.0 Å². The number of rotatable bonds is 5. The molecule has 17 heavy (non-hydrogen) atoms. The molecule has 1 atom stereocenters. The second-order valence-corrected chi connectivity index (χ2v) is 4.37. The van der Waals surface area contributed by atoms with Crippen LogP contribution in [0, 0.1) is 0 Å². The molecule has 0 aliphatic heterocycles. The monoisotopic (exact) mass is 253 g/mol. The van der Waals surface area contributed by atoms with Gasteiger partial charge >= 0.3 is 0 Å². The van der Waals surface area contributed by atoms with Gasteiger partial charge in [0.25, 0.3) is 0 Å². The van der Waals surface area contributed by atoms with Crippen molar-refractivity contribution in [3.05, 3.63) is 29.8 Å². The maximum atomic E-state index is 11.1. The molecule has 0 fully saturated rings. The van der Waals surface area contributed by atoms with Gasteiger partial charge in [-0.25, -0.2) is 0 Å². The quantitative estimate of drug-likeness (QED) is 0.814. The molecule has 0 saturated carbocycles. The summed E-state index contributed by atoms with van der Waals surface area (Å²) >= 11 is 1.73. The second-order valence-electron chi connectivity index (χ2n) is 3.53. The fraction of sp³-hybridized carbons (Fsp3) is 0.500. The van der Waals surface area contributed by atoms with Crippen LogP contribution in [0.25, 0.3) is 0 Å². The zero-order valence-electron chi connectivity index (χ0n) is 11.4. The Bertz CT molecular complexity index is 339. The van der Waals surface area contributed by atoms with Crippen LogP contribution in [-0.4, -0.2) is 18.1 Å². The van der Waals surface area contributed by atoms with Gasteiger partial charge in [0, 0.05) is 11.4 Å². The van der Waals surface area contributed by atoms with Crippen molar-refractivity contribution in [3.8, 4) is 0 Å². The minimum atomic E-state index is -0.0695.